The van der Waals surface area contributed by atoms with Crippen molar-refractivity contribution in [2.45, 2.75) is 32.2 Å². The molecule has 104 valence electrons. The standard InChI is InChI=1S/C15H21FN2O/c1-12(13-6-5-7-14(16)10-13)17-11-15(19)18-8-3-2-4-9-18/h5-7,10,12,17H,2-4,8-9,11H2,1H3. The number of hydrogen-bond donors (Lipinski definition) is 1. The van der Waals surface area contributed by atoms with E-state index in [1.54, 1.807) is 6.07 Å². The average Bonchev–Trinajstić information content (AvgIpc) is 2.45. The van der Waals surface area contributed by atoms with Crippen LogP contribution in [0, 0.1) is 5.82 Å². The third-order valence-corrected chi connectivity index (χ3v) is 3.62. The summed E-state index contributed by atoms with van der Waals surface area (Å²) in [5.41, 5.74) is 0.867. The number of hydrogen-bond acceptors (Lipinski definition) is 2. The van der Waals surface area contributed by atoms with Gasteiger partial charge in [-0.05, 0) is 43.9 Å². The van der Waals surface area contributed by atoms with E-state index in [1.807, 2.05) is 17.9 Å². The molecule has 1 unspecified atom stereocenters. The molecule has 19 heavy (non-hydrogen) atoms. The van der Waals surface area contributed by atoms with E-state index in [-0.39, 0.29) is 17.8 Å². The Kier molecular flexibility index (Phi) is 4.91. The van der Waals surface area contributed by atoms with Gasteiger partial charge in [-0.15, -0.1) is 0 Å². The van der Waals surface area contributed by atoms with Crippen LogP contribution in [-0.4, -0.2) is 30.4 Å². The van der Waals surface area contributed by atoms with Crippen molar-refractivity contribution >= 4 is 5.91 Å². The third kappa shape index (κ3) is 4.03. The summed E-state index contributed by atoms with van der Waals surface area (Å²) < 4.78 is 13.1. The topological polar surface area (TPSA) is 32.3 Å². The number of piperidine rings is 1. The summed E-state index contributed by atoms with van der Waals surface area (Å²) in [4.78, 5) is 13.9. The van der Waals surface area contributed by atoms with Crippen molar-refractivity contribution in [3.05, 3.63) is 35.6 Å². The Balaban J connectivity index is 1.82. The number of carbonyl (C=O) groups excluding carboxylic acids is 1. The molecule has 0 bridgehead atoms. The lowest BCUT2D eigenvalue weighted by atomic mass is 10.1. The van der Waals surface area contributed by atoms with Gasteiger partial charge < -0.3 is 10.2 Å². The van der Waals surface area contributed by atoms with Gasteiger partial charge in [0.2, 0.25) is 5.91 Å². The van der Waals surface area contributed by atoms with Gasteiger partial charge in [-0.2, -0.15) is 0 Å². The zero-order valence-electron chi connectivity index (χ0n) is 11.4. The van der Waals surface area contributed by atoms with Crippen molar-refractivity contribution in [1.82, 2.24) is 10.2 Å². The molecule has 1 amide bonds. The molecule has 1 aliphatic rings. The highest BCUT2D eigenvalue weighted by Gasteiger charge is 2.17. The van der Waals surface area contributed by atoms with E-state index in [0.717, 1.165) is 31.5 Å². The number of halogens is 1. The number of nitrogens with zero attached hydrogens (tertiary/aromatic N) is 1. The van der Waals surface area contributed by atoms with Crippen LogP contribution in [0.5, 0.6) is 0 Å². The van der Waals surface area contributed by atoms with Crippen LogP contribution in [0.4, 0.5) is 4.39 Å². The van der Waals surface area contributed by atoms with Crippen LogP contribution in [0.3, 0.4) is 0 Å². The van der Waals surface area contributed by atoms with Crippen LogP contribution in [0.1, 0.15) is 37.8 Å². The summed E-state index contributed by atoms with van der Waals surface area (Å²) in [6.07, 6.45) is 3.42. The third-order valence-electron chi connectivity index (χ3n) is 3.62. The number of nitrogens with one attached hydrogen (secondary N) is 1. The van der Waals surface area contributed by atoms with E-state index < -0.39 is 0 Å². The minimum Gasteiger partial charge on any atom is -0.342 e. The summed E-state index contributed by atoms with van der Waals surface area (Å²) >= 11 is 0. The molecular formula is C15H21FN2O. The first-order valence-corrected chi connectivity index (χ1v) is 6.93. The molecule has 2 rings (SSSR count). The SMILES string of the molecule is CC(NCC(=O)N1CCCCC1)c1cccc(F)c1. The van der Waals surface area contributed by atoms with Crippen molar-refractivity contribution in [1.29, 1.82) is 0 Å². The van der Waals surface area contributed by atoms with Crippen LogP contribution in [-0.2, 0) is 4.79 Å². The van der Waals surface area contributed by atoms with E-state index in [9.17, 15) is 9.18 Å². The highest BCUT2D eigenvalue weighted by molar-refractivity contribution is 5.78. The molecule has 0 saturated carbocycles. The molecule has 1 aromatic rings. The Morgan fingerprint density at radius 1 is 1.37 bits per heavy atom. The van der Waals surface area contributed by atoms with Gasteiger partial charge in [0.05, 0.1) is 6.54 Å². The van der Waals surface area contributed by atoms with E-state index in [4.69, 9.17) is 0 Å². The first-order chi connectivity index (χ1) is 9.16. The highest BCUT2D eigenvalue weighted by Crippen LogP contribution is 2.13. The Hall–Kier alpha value is -1.42. The van der Waals surface area contributed by atoms with Gasteiger partial charge in [-0.25, -0.2) is 4.39 Å². The fourth-order valence-corrected chi connectivity index (χ4v) is 2.39. The van der Waals surface area contributed by atoms with E-state index >= 15 is 0 Å². The maximum atomic E-state index is 13.1. The molecule has 0 radical (unpaired) electrons. The lowest BCUT2D eigenvalue weighted by Gasteiger charge is -2.27. The van der Waals surface area contributed by atoms with Crippen LogP contribution in [0.2, 0.25) is 0 Å². The predicted octanol–water partition coefficient (Wildman–Crippen LogP) is 2.49. The van der Waals surface area contributed by atoms with Gasteiger partial charge in [-0.3, -0.25) is 4.79 Å². The Bertz CT molecular complexity index is 430. The summed E-state index contributed by atoms with van der Waals surface area (Å²) in [5.74, 6) is -0.100. The molecule has 1 saturated heterocycles. The van der Waals surface area contributed by atoms with E-state index in [2.05, 4.69) is 5.32 Å². The first kappa shape index (κ1) is 14.0. The summed E-state index contributed by atoms with van der Waals surface area (Å²) in [7, 11) is 0. The molecule has 3 nitrogen and oxygen atoms in total. The second kappa shape index (κ2) is 6.66. The Morgan fingerprint density at radius 2 is 2.11 bits per heavy atom. The number of likely N-dealkylation sites (tertiary alicyclic amines) is 1. The largest absolute Gasteiger partial charge is 0.342 e. The van der Waals surface area contributed by atoms with Crippen molar-refractivity contribution in [3.63, 3.8) is 0 Å². The maximum Gasteiger partial charge on any atom is 0.236 e. The molecule has 1 heterocycles. The van der Waals surface area contributed by atoms with E-state index in [0.29, 0.717) is 6.54 Å². The maximum absolute atomic E-state index is 13.1. The number of rotatable bonds is 4. The van der Waals surface area contributed by atoms with Gasteiger partial charge in [-0.1, -0.05) is 12.1 Å². The molecule has 1 atom stereocenters. The summed E-state index contributed by atoms with van der Waals surface area (Å²) in [5, 5.41) is 3.17. The van der Waals surface area contributed by atoms with Crippen LogP contribution < -0.4 is 5.32 Å². The number of benzene rings is 1. The van der Waals surface area contributed by atoms with Crippen LogP contribution in [0.25, 0.3) is 0 Å². The van der Waals surface area contributed by atoms with Gasteiger partial charge in [0.15, 0.2) is 0 Å². The zero-order chi connectivity index (χ0) is 13.7. The fourth-order valence-electron chi connectivity index (χ4n) is 2.39. The quantitative estimate of drug-likeness (QED) is 0.906. The minimum absolute atomic E-state index is 0.0237. The molecule has 4 heteroatoms. The molecule has 0 aromatic heterocycles. The van der Waals surface area contributed by atoms with Crippen molar-refractivity contribution in [3.8, 4) is 0 Å². The molecule has 1 aliphatic heterocycles. The first-order valence-electron chi connectivity index (χ1n) is 6.93. The molecule has 1 aromatic carbocycles. The Labute approximate surface area is 113 Å². The van der Waals surface area contributed by atoms with Gasteiger partial charge in [0, 0.05) is 19.1 Å². The van der Waals surface area contributed by atoms with Crippen molar-refractivity contribution in [2.75, 3.05) is 19.6 Å². The van der Waals surface area contributed by atoms with Crippen LogP contribution >= 0.6 is 0 Å². The monoisotopic (exact) mass is 264 g/mol. The lowest BCUT2D eigenvalue weighted by Crippen LogP contribution is -2.41. The molecular weight excluding hydrogens is 243 g/mol. The molecule has 1 fully saturated rings. The minimum atomic E-state index is -0.242. The molecule has 0 spiro atoms. The average molecular weight is 264 g/mol. The van der Waals surface area contributed by atoms with E-state index in [1.165, 1.54) is 18.6 Å². The predicted molar refractivity (Wildman–Crippen MR) is 73.2 cm³/mol. The van der Waals surface area contributed by atoms with Gasteiger partial charge in [0.1, 0.15) is 5.82 Å². The van der Waals surface area contributed by atoms with Crippen LogP contribution in [0.15, 0.2) is 24.3 Å². The second-order valence-corrected chi connectivity index (χ2v) is 5.10. The second-order valence-electron chi connectivity index (χ2n) is 5.10. The molecule has 1 N–H and O–H groups in total. The number of carbonyl (C=O) groups is 1. The molecule has 0 aliphatic carbocycles. The normalized spacial score (nSPS) is 17.3. The van der Waals surface area contributed by atoms with Crippen molar-refractivity contribution in [2.24, 2.45) is 0 Å². The smallest absolute Gasteiger partial charge is 0.236 e. The van der Waals surface area contributed by atoms with Gasteiger partial charge >= 0.3 is 0 Å². The van der Waals surface area contributed by atoms with Gasteiger partial charge in [0.25, 0.3) is 0 Å². The van der Waals surface area contributed by atoms with Crippen molar-refractivity contribution < 1.29 is 9.18 Å². The number of amides is 1. The summed E-state index contributed by atoms with van der Waals surface area (Å²) in [6, 6.07) is 6.46. The fraction of sp³-hybridized carbons (Fsp3) is 0.533. The highest BCUT2D eigenvalue weighted by atomic mass is 19.1. The zero-order valence-corrected chi connectivity index (χ0v) is 11.4. The summed E-state index contributed by atoms with van der Waals surface area (Å²) in [6.45, 7) is 4.00. The lowest BCUT2D eigenvalue weighted by molar-refractivity contribution is -0.131. The Morgan fingerprint density at radius 3 is 2.79 bits per heavy atom.